The van der Waals surface area contributed by atoms with Crippen LogP contribution in [0.4, 0.5) is 11.8 Å². The third-order valence-corrected chi connectivity index (χ3v) is 4.70. The lowest BCUT2D eigenvalue weighted by Gasteiger charge is -2.32. The summed E-state index contributed by atoms with van der Waals surface area (Å²) in [5.41, 5.74) is 7.90. The summed E-state index contributed by atoms with van der Waals surface area (Å²) < 4.78 is 11.1. The maximum atomic E-state index is 5.90. The lowest BCUT2D eigenvalue weighted by Crippen LogP contribution is -2.30. The molecule has 1 aromatic carbocycles. The molecule has 6 heteroatoms. The Kier molecular flexibility index (Phi) is 5.26. The van der Waals surface area contributed by atoms with Crippen LogP contribution < -0.4 is 20.1 Å². The molecule has 0 aliphatic carbocycles. The summed E-state index contributed by atoms with van der Waals surface area (Å²) in [4.78, 5) is 11.0. The molecule has 1 aliphatic heterocycles. The fourth-order valence-electron chi connectivity index (χ4n) is 3.53. The van der Waals surface area contributed by atoms with Crippen molar-refractivity contribution in [2.45, 2.75) is 38.6 Å². The smallest absolute Gasteiger partial charge is 0.222 e. The molecular formula is C19H26N4O2. The van der Waals surface area contributed by atoms with Crippen LogP contribution in [0, 0.1) is 6.92 Å². The highest BCUT2D eigenvalue weighted by molar-refractivity contribution is 5.50. The van der Waals surface area contributed by atoms with Gasteiger partial charge in [0.1, 0.15) is 17.3 Å². The van der Waals surface area contributed by atoms with Gasteiger partial charge in [0.25, 0.3) is 0 Å². The van der Waals surface area contributed by atoms with E-state index in [-0.39, 0.29) is 6.04 Å². The lowest BCUT2D eigenvalue weighted by molar-refractivity contribution is 0.392. The zero-order valence-corrected chi connectivity index (χ0v) is 15.2. The molecule has 1 saturated heterocycles. The number of nitrogens with two attached hydrogens (primary N) is 1. The van der Waals surface area contributed by atoms with Gasteiger partial charge in [-0.25, -0.2) is 4.98 Å². The minimum absolute atomic E-state index is 0.168. The molecular weight excluding hydrogens is 316 g/mol. The molecule has 0 amide bonds. The van der Waals surface area contributed by atoms with Crippen molar-refractivity contribution in [3.8, 4) is 11.5 Å². The third kappa shape index (κ3) is 3.78. The van der Waals surface area contributed by atoms with E-state index in [0.717, 1.165) is 48.0 Å². The summed E-state index contributed by atoms with van der Waals surface area (Å²) in [6.07, 6.45) is 4.54. The van der Waals surface area contributed by atoms with Crippen molar-refractivity contribution in [1.82, 2.24) is 9.97 Å². The second kappa shape index (κ2) is 7.59. The standard InChI is InChI=1S/C19H26N4O2/c1-13-11-18(22-19(20)21-13)23-10-6-4-5-7-16(23)15-12-14(24-2)8-9-17(15)25-3/h8-9,11-12,16H,4-7,10H2,1-3H3,(H2,20,21,22)/t16-/m0/s1. The van der Waals surface area contributed by atoms with E-state index in [1.807, 2.05) is 25.1 Å². The van der Waals surface area contributed by atoms with Gasteiger partial charge in [0, 0.05) is 23.9 Å². The van der Waals surface area contributed by atoms with Gasteiger partial charge in [0.2, 0.25) is 5.95 Å². The number of ether oxygens (including phenoxy) is 2. The van der Waals surface area contributed by atoms with E-state index in [4.69, 9.17) is 15.2 Å². The molecule has 1 aliphatic rings. The Morgan fingerprint density at radius 1 is 1.08 bits per heavy atom. The Morgan fingerprint density at radius 2 is 1.92 bits per heavy atom. The van der Waals surface area contributed by atoms with E-state index in [9.17, 15) is 0 Å². The van der Waals surface area contributed by atoms with Crippen LogP contribution in [-0.4, -0.2) is 30.7 Å². The molecule has 6 nitrogen and oxygen atoms in total. The number of methoxy groups -OCH3 is 2. The number of aryl methyl sites for hydroxylation is 1. The van der Waals surface area contributed by atoms with Gasteiger partial charge in [-0.15, -0.1) is 0 Å². The number of nitrogen functional groups attached to an aromatic ring is 1. The van der Waals surface area contributed by atoms with Crippen LogP contribution in [-0.2, 0) is 0 Å². The molecule has 0 unspecified atom stereocenters. The summed E-state index contributed by atoms with van der Waals surface area (Å²) in [5.74, 6) is 2.90. The van der Waals surface area contributed by atoms with Crippen LogP contribution in [0.25, 0.3) is 0 Å². The highest BCUT2D eigenvalue weighted by Crippen LogP contribution is 2.39. The van der Waals surface area contributed by atoms with E-state index in [0.29, 0.717) is 5.95 Å². The van der Waals surface area contributed by atoms with Crippen LogP contribution in [0.3, 0.4) is 0 Å². The molecule has 0 spiro atoms. The van der Waals surface area contributed by atoms with Crippen molar-refractivity contribution in [3.63, 3.8) is 0 Å². The Balaban J connectivity index is 2.07. The maximum Gasteiger partial charge on any atom is 0.222 e. The van der Waals surface area contributed by atoms with Crippen molar-refractivity contribution in [1.29, 1.82) is 0 Å². The first-order valence-electron chi connectivity index (χ1n) is 8.72. The highest BCUT2D eigenvalue weighted by Gasteiger charge is 2.27. The third-order valence-electron chi connectivity index (χ3n) is 4.70. The number of anilines is 2. The number of benzene rings is 1. The normalized spacial score (nSPS) is 17.9. The number of hydrogen-bond donors (Lipinski definition) is 1. The van der Waals surface area contributed by atoms with Gasteiger partial charge in [-0.3, -0.25) is 0 Å². The Hall–Kier alpha value is -2.50. The minimum Gasteiger partial charge on any atom is -0.497 e. The molecule has 134 valence electrons. The molecule has 2 heterocycles. The first kappa shape index (κ1) is 17.3. The van der Waals surface area contributed by atoms with E-state index < -0.39 is 0 Å². The topological polar surface area (TPSA) is 73.5 Å². The monoisotopic (exact) mass is 342 g/mol. The quantitative estimate of drug-likeness (QED) is 0.916. The van der Waals surface area contributed by atoms with Crippen LogP contribution in [0.1, 0.15) is 43.0 Å². The van der Waals surface area contributed by atoms with E-state index in [1.54, 1.807) is 14.2 Å². The summed E-state index contributed by atoms with van der Waals surface area (Å²) in [6, 6.07) is 8.13. The SMILES string of the molecule is COc1ccc(OC)c([C@@H]2CCCCCN2c2cc(C)nc(N)n2)c1. The number of nitrogens with zero attached hydrogens (tertiary/aromatic N) is 3. The first-order valence-corrected chi connectivity index (χ1v) is 8.72. The molecule has 2 N–H and O–H groups in total. The second-order valence-electron chi connectivity index (χ2n) is 6.39. The molecule has 25 heavy (non-hydrogen) atoms. The minimum atomic E-state index is 0.168. The van der Waals surface area contributed by atoms with E-state index >= 15 is 0 Å². The molecule has 0 saturated carbocycles. The number of aromatic nitrogens is 2. The van der Waals surface area contributed by atoms with Gasteiger partial charge in [0.15, 0.2) is 0 Å². The van der Waals surface area contributed by atoms with E-state index in [2.05, 4.69) is 20.9 Å². The molecule has 1 fully saturated rings. The molecule has 0 radical (unpaired) electrons. The Bertz CT molecular complexity index is 715. The fraction of sp³-hybridized carbons (Fsp3) is 0.474. The summed E-state index contributed by atoms with van der Waals surface area (Å²) >= 11 is 0. The zero-order valence-electron chi connectivity index (χ0n) is 15.2. The predicted molar refractivity (Wildman–Crippen MR) is 99.3 cm³/mol. The van der Waals surface area contributed by atoms with Crippen molar-refractivity contribution in [2.24, 2.45) is 0 Å². The summed E-state index contributed by atoms with van der Waals surface area (Å²) in [7, 11) is 3.39. The van der Waals surface area contributed by atoms with Gasteiger partial charge in [0.05, 0.1) is 20.3 Å². The summed E-state index contributed by atoms with van der Waals surface area (Å²) in [6.45, 7) is 2.88. The number of hydrogen-bond acceptors (Lipinski definition) is 6. The zero-order chi connectivity index (χ0) is 17.8. The van der Waals surface area contributed by atoms with Gasteiger partial charge >= 0.3 is 0 Å². The molecule has 0 bridgehead atoms. The number of rotatable bonds is 4. The van der Waals surface area contributed by atoms with Crippen molar-refractivity contribution in [3.05, 3.63) is 35.5 Å². The predicted octanol–water partition coefficient (Wildman–Crippen LogP) is 3.51. The van der Waals surface area contributed by atoms with Gasteiger partial charge in [-0.2, -0.15) is 4.98 Å². The van der Waals surface area contributed by atoms with Gasteiger partial charge in [-0.1, -0.05) is 12.8 Å². The van der Waals surface area contributed by atoms with Gasteiger partial charge in [-0.05, 0) is 38.0 Å². The van der Waals surface area contributed by atoms with Crippen molar-refractivity contribution >= 4 is 11.8 Å². The van der Waals surface area contributed by atoms with Crippen molar-refractivity contribution in [2.75, 3.05) is 31.4 Å². The van der Waals surface area contributed by atoms with E-state index in [1.165, 1.54) is 12.8 Å². The largest absolute Gasteiger partial charge is 0.497 e. The maximum absolute atomic E-state index is 5.90. The molecule has 1 atom stereocenters. The van der Waals surface area contributed by atoms with Crippen LogP contribution in [0.2, 0.25) is 0 Å². The molecule has 3 rings (SSSR count). The summed E-state index contributed by atoms with van der Waals surface area (Å²) in [5, 5.41) is 0. The fourth-order valence-corrected chi connectivity index (χ4v) is 3.53. The first-order chi connectivity index (χ1) is 12.1. The van der Waals surface area contributed by atoms with Crippen LogP contribution >= 0.6 is 0 Å². The Labute approximate surface area is 149 Å². The average Bonchev–Trinajstić information content (AvgIpc) is 2.86. The Morgan fingerprint density at radius 3 is 2.64 bits per heavy atom. The van der Waals surface area contributed by atoms with Crippen LogP contribution in [0.15, 0.2) is 24.3 Å². The highest BCUT2D eigenvalue weighted by atomic mass is 16.5. The average molecular weight is 342 g/mol. The van der Waals surface area contributed by atoms with Crippen LogP contribution in [0.5, 0.6) is 11.5 Å². The second-order valence-corrected chi connectivity index (χ2v) is 6.39. The molecule has 1 aromatic heterocycles. The van der Waals surface area contributed by atoms with Crippen molar-refractivity contribution < 1.29 is 9.47 Å². The molecule has 2 aromatic rings. The lowest BCUT2D eigenvalue weighted by atomic mass is 9.99. The van der Waals surface area contributed by atoms with Gasteiger partial charge < -0.3 is 20.1 Å².